The minimum atomic E-state index is -0.121. The number of anilines is 1. The first kappa shape index (κ1) is 17.9. The number of halogens is 2. The maximum atomic E-state index is 12.2. The predicted molar refractivity (Wildman–Crippen MR) is 98.9 cm³/mol. The molecule has 1 amide bonds. The molecule has 1 aliphatic rings. The summed E-state index contributed by atoms with van der Waals surface area (Å²) < 4.78 is 11.0. The van der Waals surface area contributed by atoms with Crippen LogP contribution in [0.5, 0.6) is 11.5 Å². The first-order valence-electron chi connectivity index (χ1n) is 7.83. The van der Waals surface area contributed by atoms with Crippen LogP contribution in [0.2, 0.25) is 10.0 Å². The molecule has 132 valence electrons. The number of fused-ring (bicyclic) bond motifs is 1. The monoisotopic (exact) mass is 380 g/mol. The standard InChI is InChI=1S/C18H18Cl2N2O3/c1-22(10-12-2-3-13(19)8-15(12)20)11-18(23)21-14-4-5-16-17(9-14)25-7-6-24-16/h2-5,8-9H,6-7,10-11H2,1H3,(H,21,23). The summed E-state index contributed by atoms with van der Waals surface area (Å²) in [6.07, 6.45) is 0. The molecule has 2 aromatic rings. The van der Waals surface area contributed by atoms with Crippen LogP contribution in [0.3, 0.4) is 0 Å². The largest absolute Gasteiger partial charge is 0.486 e. The molecule has 7 heteroatoms. The fourth-order valence-corrected chi connectivity index (χ4v) is 3.03. The summed E-state index contributed by atoms with van der Waals surface area (Å²) in [4.78, 5) is 14.1. The average Bonchev–Trinajstić information content (AvgIpc) is 2.57. The van der Waals surface area contributed by atoms with E-state index in [0.29, 0.717) is 47.0 Å². The van der Waals surface area contributed by atoms with Gasteiger partial charge >= 0.3 is 0 Å². The van der Waals surface area contributed by atoms with Gasteiger partial charge in [-0.05, 0) is 36.9 Å². The van der Waals surface area contributed by atoms with E-state index in [1.165, 1.54) is 0 Å². The molecule has 0 saturated carbocycles. The Morgan fingerprint density at radius 3 is 2.64 bits per heavy atom. The molecule has 2 aromatic carbocycles. The number of carbonyl (C=O) groups is 1. The van der Waals surface area contributed by atoms with Crippen LogP contribution in [0.25, 0.3) is 0 Å². The number of nitrogens with zero attached hydrogens (tertiary/aromatic N) is 1. The van der Waals surface area contributed by atoms with E-state index in [1.54, 1.807) is 30.3 Å². The lowest BCUT2D eigenvalue weighted by Gasteiger charge is -2.20. The number of hydrogen-bond donors (Lipinski definition) is 1. The number of carbonyl (C=O) groups excluding carboxylic acids is 1. The number of rotatable bonds is 5. The van der Waals surface area contributed by atoms with Gasteiger partial charge in [-0.15, -0.1) is 0 Å². The van der Waals surface area contributed by atoms with Crippen LogP contribution in [-0.2, 0) is 11.3 Å². The highest BCUT2D eigenvalue weighted by atomic mass is 35.5. The van der Waals surface area contributed by atoms with Gasteiger partial charge in [0.2, 0.25) is 5.91 Å². The number of ether oxygens (including phenoxy) is 2. The summed E-state index contributed by atoms with van der Waals surface area (Å²) in [5.74, 6) is 1.22. The molecule has 0 unspecified atom stereocenters. The van der Waals surface area contributed by atoms with Crippen LogP contribution in [0.1, 0.15) is 5.56 Å². The fraction of sp³-hybridized carbons (Fsp3) is 0.278. The summed E-state index contributed by atoms with van der Waals surface area (Å²) >= 11 is 12.1. The topological polar surface area (TPSA) is 50.8 Å². The minimum Gasteiger partial charge on any atom is -0.486 e. The number of benzene rings is 2. The molecule has 1 heterocycles. The van der Waals surface area contributed by atoms with Crippen LogP contribution in [0, 0.1) is 0 Å². The molecule has 0 saturated heterocycles. The van der Waals surface area contributed by atoms with Gasteiger partial charge in [0.05, 0.1) is 6.54 Å². The summed E-state index contributed by atoms with van der Waals surface area (Å²) in [6.45, 7) is 1.82. The van der Waals surface area contributed by atoms with Gasteiger partial charge in [-0.1, -0.05) is 29.3 Å². The molecule has 1 N–H and O–H groups in total. The van der Waals surface area contributed by atoms with Gasteiger partial charge in [-0.3, -0.25) is 9.69 Å². The van der Waals surface area contributed by atoms with E-state index in [9.17, 15) is 4.79 Å². The van der Waals surface area contributed by atoms with Crippen molar-refractivity contribution < 1.29 is 14.3 Å². The zero-order valence-corrected chi connectivity index (χ0v) is 15.2. The Bertz CT molecular complexity index is 783. The van der Waals surface area contributed by atoms with Gasteiger partial charge < -0.3 is 14.8 Å². The normalized spacial score (nSPS) is 13.0. The molecule has 0 atom stereocenters. The Morgan fingerprint density at radius 1 is 1.12 bits per heavy atom. The molecule has 0 spiro atoms. The van der Waals surface area contributed by atoms with Gasteiger partial charge in [0.25, 0.3) is 0 Å². The van der Waals surface area contributed by atoms with Crippen molar-refractivity contribution in [2.24, 2.45) is 0 Å². The summed E-state index contributed by atoms with van der Waals surface area (Å²) in [5, 5.41) is 4.04. The molecule has 0 bridgehead atoms. The highest BCUT2D eigenvalue weighted by Crippen LogP contribution is 2.32. The third kappa shape index (κ3) is 4.78. The Balaban J connectivity index is 1.56. The summed E-state index contributed by atoms with van der Waals surface area (Å²) in [6, 6.07) is 10.7. The van der Waals surface area contributed by atoms with E-state index in [4.69, 9.17) is 32.7 Å². The van der Waals surface area contributed by atoms with E-state index < -0.39 is 0 Å². The molecular weight excluding hydrogens is 363 g/mol. The molecule has 3 rings (SSSR count). The average molecular weight is 381 g/mol. The predicted octanol–water partition coefficient (Wildman–Crippen LogP) is 3.84. The van der Waals surface area contributed by atoms with Crippen molar-refractivity contribution in [1.82, 2.24) is 4.90 Å². The molecule has 1 aliphatic heterocycles. The van der Waals surface area contributed by atoms with Crippen molar-refractivity contribution in [2.45, 2.75) is 6.54 Å². The Hall–Kier alpha value is -1.95. The van der Waals surface area contributed by atoms with Gasteiger partial charge in [-0.25, -0.2) is 0 Å². The molecular formula is C18H18Cl2N2O3. The smallest absolute Gasteiger partial charge is 0.238 e. The van der Waals surface area contributed by atoms with Crippen LogP contribution >= 0.6 is 23.2 Å². The van der Waals surface area contributed by atoms with Crippen LogP contribution in [0.4, 0.5) is 5.69 Å². The van der Waals surface area contributed by atoms with Crippen molar-refractivity contribution in [3.05, 3.63) is 52.0 Å². The van der Waals surface area contributed by atoms with Crippen molar-refractivity contribution in [1.29, 1.82) is 0 Å². The third-order valence-electron chi connectivity index (χ3n) is 3.69. The SMILES string of the molecule is CN(CC(=O)Nc1ccc2c(c1)OCCO2)Cc1ccc(Cl)cc1Cl. The van der Waals surface area contributed by atoms with E-state index >= 15 is 0 Å². The Labute approximate surface area is 156 Å². The molecule has 25 heavy (non-hydrogen) atoms. The summed E-state index contributed by atoms with van der Waals surface area (Å²) in [5.41, 5.74) is 1.59. The van der Waals surface area contributed by atoms with Gasteiger partial charge in [0.1, 0.15) is 13.2 Å². The lowest BCUT2D eigenvalue weighted by Crippen LogP contribution is -2.30. The molecule has 5 nitrogen and oxygen atoms in total. The van der Waals surface area contributed by atoms with Gasteiger partial charge in [0.15, 0.2) is 11.5 Å². The molecule has 0 aliphatic carbocycles. The van der Waals surface area contributed by atoms with Crippen molar-refractivity contribution in [3.63, 3.8) is 0 Å². The fourth-order valence-electron chi connectivity index (χ4n) is 2.56. The number of amides is 1. The molecule has 0 radical (unpaired) electrons. The Morgan fingerprint density at radius 2 is 1.88 bits per heavy atom. The van der Waals surface area contributed by atoms with Crippen LogP contribution < -0.4 is 14.8 Å². The van der Waals surface area contributed by atoms with Crippen molar-refractivity contribution in [2.75, 3.05) is 32.1 Å². The van der Waals surface area contributed by atoms with Crippen LogP contribution in [0.15, 0.2) is 36.4 Å². The zero-order valence-electron chi connectivity index (χ0n) is 13.7. The Kier molecular flexibility index (Phi) is 5.68. The highest BCUT2D eigenvalue weighted by molar-refractivity contribution is 6.35. The zero-order chi connectivity index (χ0) is 17.8. The quantitative estimate of drug-likeness (QED) is 0.855. The van der Waals surface area contributed by atoms with Crippen molar-refractivity contribution in [3.8, 4) is 11.5 Å². The van der Waals surface area contributed by atoms with Gasteiger partial charge in [-0.2, -0.15) is 0 Å². The summed E-state index contributed by atoms with van der Waals surface area (Å²) in [7, 11) is 1.86. The van der Waals surface area contributed by atoms with E-state index in [2.05, 4.69) is 5.32 Å². The number of hydrogen-bond acceptors (Lipinski definition) is 4. The lowest BCUT2D eigenvalue weighted by molar-refractivity contribution is -0.117. The number of likely N-dealkylation sites (N-methyl/N-ethyl adjacent to an activating group) is 1. The second-order valence-corrected chi connectivity index (χ2v) is 6.66. The second kappa shape index (κ2) is 7.95. The van der Waals surface area contributed by atoms with Gasteiger partial charge in [0, 0.05) is 28.3 Å². The maximum Gasteiger partial charge on any atom is 0.238 e. The molecule has 0 aromatic heterocycles. The second-order valence-electron chi connectivity index (χ2n) is 5.81. The number of nitrogens with one attached hydrogen (secondary N) is 1. The maximum absolute atomic E-state index is 12.2. The first-order chi connectivity index (χ1) is 12.0. The minimum absolute atomic E-state index is 0.121. The van der Waals surface area contributed by atoms with E-state index in [0.717, 1.165) is 5.56 Å². The molecule has 0 fully saturated rings. The third-order valence-corrected chi connectivity index (χ3v) is 4.28. The highest BCUT2D eigenvalue weighted by Gasteiger charge is 2.14. The van der Waals surface area contributed by atoms with Crippen LogP contribution in [-0.4, -0.2) is 37.6 Å². The van der Waals surface area contributed by atoms with E-state index in [1.807, 2.05) is 18.0 Å². The first-order valence-corrected chi connectivity index (χ1v) is 8.59. The lowest BCUT2D eigenvalue weighted by atomic mass is 10.2. The van der Waals surface area contributed by atoms with E-state index in [-0.39, 0.29) is 12.5 Å². The van der Waals surface area contributed by atoms with Crippen molar-refractivity contribution >= 4 is 34.8 Å².